The summed E-state index contributed by atoms with van der Waals surface area (Å²) in [6, 6.07) is 1.08. The molecule has 0 aromatic heterocycles. The number of fused-ring (bicyclic) bond motifs is 1. The largest absolute Gasteiger partial charge is 0.326 e. The summed E-state index contributed by atoms with van der Waals surface area (Å²) in [7, 11) is 0. The summed E-state index contributed by atoms with van der Waals surface area (Å²) in [5.41, 5.74) is 6.96. The normalized spacial score (nSPS) is 43.7. The van der Waals surface area contributed by atoms with Crippen LogP contribution in [-0.2, 0) is 0 Å². The number of nitrogens with zero attached hydrogens (tertiary/aromatic N) is 1. The molecule has 2 N–H and O–H groups in total. The monoisotopic (exact) mass is 264 g/mol. The Morgan fingerprint density at radius 1 is 1.00 bits per heavy atom. The first-order valence-corrected chi connectivity index (χ1v) is 8.55. The van der Waals surface area contributed by atoms with E-state index in [1.165, 1.54) is 64.5 Å². The van der Waals surface area contributed by atoms with E-state index in [-0.39, 0.29) is 0 Å². The van der Waals surface area contributed by atoms with Crippen LogP contribution in [0, 0.1) is 17.3 Å². The fraction of sp³-hybridized carbons (Fsp3) is 1.00. The van der Waals surface area contributed by atoms with E-state index in [4.69, 9.17) is 5.73 Å². The van der Waals surface area contributed by atoms with E-state index < -0.39 is 0 Å². The van der Waals surface area contributed by atoms with Crippen molar-refractivity contribution in [2.24, 2.45) is 23.0 Å². The maximum atomic E-state index is 6.46. The van der Waals surface area contributed by atoms with Gasteiger partial charge in [-0.3, -0.25) is 4.90 Å². The van der Waals surface area contributed by atoms with E-state index >= 15 is 0 Å². The van der Waals surface area contributed by atoms with Gasteiger partial charge >= 0.3 is 0 Å². The Morgan fingerprint density at radius 2 is 1.74 bits per heavy atom. The molecule has 3 fully saturated rings. The molecular formula is C17H32N2. The van der Waals surface area contributed by atoms with E-state index in [1.54, 1.807) is 0 Å². The minimum absolute atomic E-state index is 0.424. The molecule has 3 rings (SSSR count). The molecule has 0 spiro atoms. The van der Waals surface area contributed by atoms with Crippen molar-refractivity contribution in [1.82, 2.24) is 4.90 Å². The van der Waals surface area contributed by atoms with Gasteiger partial charge in [0.2, 0.25) is 0 Å². The second kappa shape index (κ2) is 5.37. The molecule has 0 bridgehead atoms. The summed E-state index contributed by atoms with van der Waals surface area (Å²) >= 11 is 0. The minimum Gasteiger partial charge on any atom is -0.326 e. The van der Waals surface area contributed by atoms with E-state index in [1.807, 2.05) is 0 Å². The van der Waals surface area contributed by atoms with E-state index in [2.05, 4.69) is 18.7 Å². The summed E-state index contributed by atoms with van der Waals surface area (Å²) in [6.07, 6.45) is 11.2. The summed E-state index contributed by atoms with van der Waals surface area (Å²) in [5.74, 6) is 2.03. The molecule has 19 heavy (non-hydrogen) atoms. The first kappa shape index (κ1) is 13.9. The minimum atomic E-state index is 0.424. The molecule has 4 unspecified atom stereocenters. The third-order valence-electron chi connectivity index (χ3n) is 6.20. The maximum Gasteiger partial charge on any atom is 0.0252 e. The van der Waals surface area contributed by atoms with Crippen LogP contribution in [0.15, 0.2) is 0 Å². The van der Waals surface area contributed by atoms with Crippen molar-refractivity contribution >= 4 is 0 Å². The second-order valence-electron chi connectivity index (χ2n) is 8.23. The number of piperidine rings is 1. The Morgan fingerprint density at radius 3 is 2.53 bits per heavy atom. The Labute approximate surface area is 119 Å². The molecule has 0 aromatic carbocycles. The third kappa shape index (κ3) is 3.00. The van der Waals surface area contributed by atoms with Crippen LogP contribution in [0.3, 0.4) is 0 Å². The first-order chi connectivity index (χ1) is 9.05. The average molecular weight is 264 g/mol. The first-order valence-electron chi connectivity index (χ1n) is 8.55. The zero-order valence-corrected chi connectivity index (χ0v) is 12.9. The van der Waals surface area contributed by atoms with Gasteiger partial charge in [0.15, 0.2) is 0 Å². The molecular weight excluding hydrogens is 232 g/mol. The van der Waals surface area contributed by atoms with Gasteiger partial charge in [0.25, 0.3) is 0 Å². The molecule has 3 aliphatic rings. The Balaban J connectivity index is 1.65. The van der Waals surface area contributed by atoms with Crippen molar-refractivity contribution in [2.75, 3.05) is 13.1 Å². The van der Waals surface area contributed by atoms with Gasteiger partial charge in [-0.1, -0.05) is 33.1 Å². The van der Waals surface area contributed by atoms with Crippen molar-refractivity contribution in [2.45, 2.75) is 77.3 Å². The van der Waals surface area contributed by atoms with Gasteiger partial charge in [-0.05, 0) is 55.9 Å². The standard InChI is InChI=1S/C17H32N2/c1-17(2)9-7-15(18)16(11-17)19-10-8-13-5-3-4-6-14(13)12-19/h13-16H,3-12,18H2,1-2H3. The zero-order valence-electron chi connectivity index (χ0n) is 12.9. The van der Waals surface area contributed by atoms with Crippen LogP contribution in [0.2, 0.25) is 0 Å². The highest BCUT2D eigenvalue weighted by atomic mass is 15.2. The fourth-order valence-corrected chi connectivity index (χ4v) is 4.90. The van der Waals surface area contributed by atoms with Crippen molar-refractivity contribution in [3.8, 4) is 0 Å². The SMILES string of the molecule is CC1(C)CCC(N)C(N2CCC3CCCCC3C2)C1. The van der Waals surface area contributed by atoms with Crippen LogP contribution in [0.1, 0.15) is 65.2 Å². The van der Waals surface area contributed by atoms with E-state index in [0.717, 1.165) is 11.8 Å². The van der Waals surface area contributed by atoms with Crippen LogP contribution in [0.4, 0.5) is 0 Å². The van der Waals surface area contributed by atoms with E-state index in [0.29, 0.717) is 17.5 Å². The van der Waals surface area contributed by atoms with Crippen molar-refractivity contribution in [3.63, 3.8) is 0 Å². The van der Waals surface area contributed by atoms with Gasteiger partial charge in [0, 0.05) is 18.6 Å². The van der Waals surface area contributed by atoms with Crippen LogP contribution in [0.5, 0.6) is 0 Å². The lowest BCUT2D eigenvalue weighted by Crippen LogP contribution is -2.56. The summed E-state index contributed by atoms with van der Waals surface area (Å²) in [4.78, 5) is 2.78. The van der Waals surface area contributed by atoms with Crippen molar-refractivity contribution in [3.05, 3.63) is 0 Å². The molecule has 4 atom stereocenters. The lowest BCUT2D eigenvalue weighted by atomic mass is 9.70. The Kier molecular flexibility index (Phi) is 3.92. The van der Waals surface area contributed by atoms with Gasteiger partial charge in [-0.15, -0.1) is 0 Å². The lowest BCUT2D eigenvalue weighted by molar-refractivity contribution is 0.0135. The highest BCUT2D eigenvalue weighted by Crippen LogP contribution is 2.41. The number of hydrogen-bond acceptors (Lipinski definition) is 2. The summed E-state index contributed by atoms with van der Waals surface area (Å²) in [6.45, 7) is 7.52. The quantitative estimate of drug-likeness (QED) is 0.786. The molecule has 0 radical (unpaired) electrons. The van der Waals surface area contributed by atoms with Crippen LogP contribution in [-0.4, -0.2) is 30.1 Å². The third-order valence-corrected chi connectivity index (χ3v) is 6.20. The van der Waals surface area contributed by atoms with Gasteiger partial charge in [0.1, 0.15) is 0 Å². The molecule has 0 amide bonds. The smallest absolute Gasteiger partial charge is 0.0252 e. The van der Waals surface area contributed by atoms with Gasteiger partial charge < -0.3 is 5.73 Å². The Bertz CT molecular complexity index is 312. The average Bonchev–Trinajstić information content (AvgIpc) is 2.41. The summed E-state index contributed by atoms with van der Waals surface area (Å²) in [5, 5.41) is 0. The maximum absolute atomic E-state index is 6.46. The molecule has 1 aliphatic heterocycles. The van der Waals surface area contributed by atoms with Gasteiger partial charge in [-0.2, -0.15) is 0 Å². The second-order valence-corrected chi connectivity index (χ2v) is 8.23. The predicted molar refractivity (Wildman–Crippen MR) is 81.0 cm³/mol. The molecule has 110 valence electrons. The van der Waals surface area contributed by atoms with Crippen molar-refractivity contribution in [1.29, 1.82) is 0 Å². The molecule has 2 aliphatic carbocycles. The van der Waals surface area contributed by atoms with Crippen LogP contribution < -0.4 is 5.73 Å². The zero-order chi connectivity index (χ0) is 13.5. The molecule has 2 nitrogen and oxygen atoms in total. The van der Waals surface area contributed by atoms with E-state index in [9.17, 15) is 0 Å². The highest BCUT2D eigenvalue weighted by molar-refractivity contribution is 4.95. The molecule has 1 heterocycles. The van der Waals surface area contributed by atoms with Gasteiger partial charge in [0.05, 0.1) is 0 Å². The van der Waals surface area contributed by atoms with Crippen molar-refractivity contribution < 1.29 is 0 Å². The van der Waals surface area contributed by atoms with Gasteiger partial charge in [-0.25, -0.2) is 0 Å². The topological polar surface area (TPSA) is 29.3 Å². The van der Waals surface area contributed by atoms with Crippen LogP contribution in [0.25, 0.3) is 0 Å². The Hall–Kier alpha value is -0.0800. The molecule has 0 aromatic rings. The molecule has 2 heteroatoms. The number of hydrogen-bond donors (Lipinski definition) is 1. The highest BCUT2D eigenvalue weighted by Gasteiger charge is 2.40. The lowest BCUT2D eigenvalue weighted by Gasteiger charge is -2.49. The van der Waals surface area contributed by atoms with Crippen LogP contribution >= 0.6 is 0 Å². The number of rotatable bonds is 1. The number of likely N-dealkylation sites (tertiary alicyclic amines) is 1. The number of nitrogens with two attached hydrogens (primary N) is 1. The molecule has 1 saturated heterocycles. The fourth-order valence-electron chi connectivity index (χ4n) is 4.90. The predicted octanol–water partition coefficient (Wildman–Crippen LogP) is 3.40. The summed E-state index contributed by atoms with van der Waals surface area (Å²) < 4.78 is 0. The molecule has 2 saturated carbocycles.